The third kappa shape index (κ3) is 2.52. The molecule has 0 aromatic rings. The van der Waals surface area contributed by atoms with E-state index in [1.807, 2.05) is 14.0 Å². The van der Waals surface area contributed by atoms with Crippen LogP contribution in [0, 0.1) is 40.9 Å². The van der Waals surface area contributed by atoms with Crippen LogP contribution in [0.4, 0.5) is 0 Å². The lowest BCUT2D eigenvalue weighted by atomic mass is 9.51. The second-order valence-electron chi connectivity index (χ2n) is 9.40. The molecule has 3 saturated carbocycles. The van der Waals surface area contributed by atoms with Crippen LogP contribution in [0.15, 0.2) is 11.6 Å². The smallest absolute Gasteiger partial charge is 0.133 e. The van der Waals surface area contributed by atoms with Crippen LogP contribution in [0.3, 0.4) is 0 Å². The van der Waals surface area contributed by atoms with E-state index in [1.54, 1.807) is 5.57 Å². The first-order valence-electron chi connectivity index (χ1n) is 10.2. The molecule has 24 heavy (non-hydrogen) atoms. The maximum atomic E-state index is 12.2. The van der Waals surface area contributed by atoms with Crippen molar-refractivity contribution < 1.29 is 9.53 Å². The van der Waals surface area contributed by atoms with Gasteiger partial charge in [0.05, 0.1) is 6.61 Å². The lowest BCUT2D eigenvalue weighted by molar-refractivity contribution is -0.126. The molecule has 4 aliphatic rings. The molecule has 7 atom stereocenters. The summed E-state index contributed by atoms with van der Waals surface area (Å²) in [5.41, 5.74) is 2.07. The fourth-order valence-corrected chi connectivity index (χ4v) is 7.42. The molecule has 134 valence electrons. The molecule has 3 fully saturated rings. The molecular weight excluding hydrogens is 296 g/mol. The molecule has 2 nitrogen and oxygen atoms in total. The van der Waals surface area contributed by atoms with E-state index in [0.29, 0.717) is 23.0 Å². The summed E-state index contributed by atoms with van der Waals surface area (Å²) >= 11 is 0. The first-order chi connectivity index (χ1) is 11.5. The van der Waals surface area contributed by atoms with Crippen LogP contribution in [0.25, 0.3) is 0 Å². The van der Waals surface area contributed by atoms with Crippen LogP contribution in [0.2, 0.25) is 0 Å². The number of carbonyl (C=O) groups is 1. The van der Waals surface area contributed by atoms with E-state index in [-0.39, 0.29) is 0 Å². The zero-order valence-corrected chi connectivity index (χ0v) is 15.7. The molecule has 4 rings (SSSR count). The van der Waals surface area contributed by atoms with Crippen molar-refractivity contribution in [3.05, 3.63) is 11.6 Å². The Labute approximate surface area is 147 Å². The Bertz CT molecular complexity index is 536. The Morgan fingerprint density at radius 2 is 2.00 bits per heavy atom. The summed E-state index contributed by atoms with van der Waals surface area (Å²) in [4.78, 5) is 12.2. The van der Waals surface area contributed by atoms with Crippen LogP contribution in [0.1, 0.15) is 65.2 Å². The quantitative estimate of drug-likeness (QED) is 0.679. The maximum absolute atomic E-state index is 12.2. The summed E-state index contributed by atoms with van der Waals surface area (Å²) in [6, 6.07) is 0. The minimum absolute atomic E-state index is 0.307. The lowest BCUT2D eigenvalue weighted by Gasteiger charge is -2.54. The van der Waals surface area contributed by atoms with Gasteiger partial charge in [0.15, 0.2) is 0 Å². The maximum Gasteiger partial charge on any atom is 0.133 e. The van der Waals surface area contributed by atoms with Crippen LogP contribution in [-0.4, -0.2) is 19.5 Å². The topological polar surface area (TPSA) is 26.3 Å². The molecule has 0 spiro atoms. The SMILES string of the molecule is COCC1C=C2CCC3C(CCC4(C)C(C(C)=O)CCC34)C2CC1. The minimum atomic E-state index is 0.307. The average molecular weight is 331 g/mol. The Morgan fingerprint density at radius 1 is 1.17 bits per heavy atom. The minimum Gasteiger partial charge on any atom is -0.384 e. The summed E-state index contributed by atoms with van der Waals surface area (Å²) < 4.78 is 5.40. The van der Waals surface area contributed by atoms with Gasteiger partial charge in [-0.2, -0.15) is 0 Å². The molecule has 0 aliphatic heterocycles. The highest BCUT2D eigenvalue weighted by Crippen LogP contribution is 2.63. The first kappa shape index (κ1) is 16.8. The molecule has 7 unspecified atom stereocenters. The molecule has 0 amide bonds. The highest BCUT2D eigenvalue weighted by atomic mass is 16.5. The molecule has 0 N–H and O–H groups in total. The number of fused-ring (bicyclic) bond motifs is 5. The lowest BCUT2D eigenvalue weighted by Crippen LogP contribution is -2.47. The van der Waals surface area contributed by atoms with E-state index in [1.165, 1.54) is 44.9 Å². The van der Waals surface area contributed by atoms with Crippen LogP contribution in [0.5, 0.6) is 0 Å². The number of allylic oxidation sites excluding steroid dienone is 1. The summed E-state index contributed by atoms with van der Waals surface area (Å²) in [7, 11) is 1.83. The zero-order valence-electron chi connectivity index (χ0n) is 15.7. The number of ether oxygens (including phenoxy) is 1. The van der Waals surface area contributed by atoms with Gasteiger partial charge in [-0.25, -0.2) is 0 Å². The molecule has 4 aliphatic carbocycles. The van der Waals surface area contributed by atoms with Gasteiger partial charge >= 0.3 is 0 Å². The number of hydrogen-bond donors (Lipinski definition) is 0. The van der Waals surface area contributed by atoms with Crippen molar-refractivity contribution in [2.45, 2.75) is 65.2 Å². The van der Waals surface area contributed by atoms with Crippen molar-refractivity contribution in [1.29, 1.82) is 0 Å². The van der Waals surface area contributed by atoms with Crippen LogP contribution in [-0.2, 0) is 9.53 Å². The van der Waals surface area contributed by atoms with Gasteiger partial charge in [-0.15, -0.1) is 0 Å². The zero-order chi connectivity index (χ0) is 16.9. The van der Waals surface area contributed by atoms with Crippen molar-refractivity contribution in [3.8, 4) is 0 Å². The van der Waals surface area contributed by atoms with Gasteiger partial charge in [-0.05, 0) is 87.4 Å². The predicted molar refractivity (Wildman–Crippen MR) is 96.6 cm³/mol. The van der Waals surface area contributed by atoms with Crippen molar-refractivity contribution in [2.75, 3.05) is 13.7 Å². The fourth-order valence-electron chi connectivity index (χ4n) is 7.42. The van der Waals surface area contributed by atoms with E-state index in [0.717, 1.165) is 36.7 Å². The Morgan fingerprint density at radius 3 is 2.75 bits per heavy atom. The Balaban J connectivity index is 1.55. The number of methoxy groups -OCH3 is 1. The number of carbonyl (C=O) groups excluding carboxylic acids is 1. The monoisotopic (exact) mass is 330 g/mol. The fraction of sp³-hybridized carbons (Fsp3) is 0.864. The Kier molecular flexibility index (Phi) is 4.39. The molecule has 0 saturated heterocycles. The van der Waals surface area contributed by atoms with Gasteiger partial charge in [0.25, 0.3) is 0 Å². The first-order valence-corrected chi connectivity index (χ1v) is 10.2. The van der Waals surface area contributed by atoms with Crippen molar-refractivity contribution in [3.63, 3.8) is 0 Å². The molecule has 0 bridgehead atoms. The third-order valence-corrected chi connectivity index (χ3v) is 8.42. The predicted octanol–water partition coefficient (Wildman–Crippen LogP) is 5.03. The molecule has 0 heterocycles. The normalized spacial score (nSPS) is 47.4. The van der Waals surface area contributed by atoms with Gasteiger partial charge in [-0.1, -0.05) is 18.6 Å². The van der Waals surface area contributed by atoms with Crippen LogP contribution >= 0.6 is 0 Å². The highest BCUT2D eigenvalue weighted by molar-refractivity contribution is 5.79. The summed E-state index contributed by atoms with van der Waals surface area (Å²) in [5, 5.41) is 0. The summed E-state index contributed by atoms with van der Waals surface area (Å²) in [6.07, 6.45) is 13.1. The van der Waals surface area contributed by atoms with Gasteiger partial charge in [0.2, 0.25) is 0 Å². The Hall–Kier alpha value is -0.630. The second-order valence-corrected chi connectivity index (χ2v) is 9.40. The van der Waals surface area contributed by atoms with E-state index in [2.05, 4.69) is 13.0 Å². The van der Waals surface area contributed by atoms with Crippen molar-refractivity contribution >= 4 is 5.78 Å². The van der Waals surface area contributed by atoms with E-state index >= 15 is 0 Å². The third-order valence-electron chi connectivity index (χ3n) is 8.42. The average Bonchev–Trinajstić information content (AvgIpc) is 2.92. The van der Waals surface area contributed by atoms with Gasteiger partial charge in [0.1, 0.15) is 5.78 Å². The number of ketones is 1. The van der Waals surface area contributed by atoms with Crippen LogP contribution < -0.4 is 0 Å². The number of hydrogen-bond acceptors (Lipinski definition) is 2. The molecule has 0 radical (unpaired) electrons. The molecule has 0 aromatic heterocycles. The number of rotatable bonds is 3. The molecular formula is C22H34O2. The summed E-state index contributed by atoms with van der Waals surface area (Å²) in [6.45, 7) is 5.18. The number of Topliss-reactive ketones (excluding diaryl/α,β-unsaturated/α-hetero) is 1. The van der Waals surface area contributed by atoms with Crippen molar-refractivity contribution in [2.24, 2.45) is 40.9 Å². The largest absolute Gasteiger partial charge is 0.384 e. The van der Waals surface area contributed by atoms with Gasteiger partial charge < -0.3 is 4.74 Å². The van der Waals surface area contributed by atoms with Gasteiger partial charge in [-0.3, -0.25) is 4.79 Å². The van der Waals surface area contributed by atoms with E-state index in [4.69, 9.17) is 4.74 Å². The van der Waals surface area contributed by atoms with E-state index < -0.39 is 0 Å². The standard InChI is InChI=1S/C22H34O2/c1-14(23)20-8-9-21-19-7-5-16-12-15(13-24-3)4-6-17(16)18(19)10-11-22(20,21)2/h12,15,17-21H,4-11,13H2,1-3H3. The highest BCUT2D eigenvalue weighted by Gasteiger charge is 2.57. The second kappa shape index (κ2) is 6.27. The summed E-state index contributed by atoms with van der Waals surface area (Å²) in [5.74, 6) is 4.89. The molecule has 2 heteroatoms. The van der Waals surface area contributed by atoms with E-state index in [9.17, 15) is 4.79 Å². The van der Waals surface area contributed by atoms with Crippen molar-refractivity contribution in [1.82, 2.24) is 0 Å². The van der Waals surface area contributed by atoms with Gasteiger partial charge in [0, 0.05) is 18.9 Å². The molecule has 0 aromatic carbocycles.